The van der Waals surface area contributed by atoms with E-state index in [1.54, 1.807) is 0 Å². The van der Waals surface area contributed by atoms with Crippen molar-refractivity contribution in [2.45, 2.75) is 6.92 Å². The van der Waals surface area contributed by atoms with E-state index in [-0.39, 0.29) is 0 Å². The lowest BCUT2D eigenvalue weighted by atomic mass is 9.85. The van der Waals surface area contributed by atoms with Gasteiger partial charge in [-0.15, -0.1) is 11.3 Å². The van der Waals surface area contributed by atoms with Crippen LogP contribution in [0.1, 0.15) is 5.56 Å². The van der Waals surface area contributed by atoms with Gasteiger partial charge in [-0.25, -0.2) is 0 Å². The molecule has 248 valence electrons. The molecule has 2 aromatic heterocycles. The molecule has 0 aliphatic heterocycles. The van der Waals surface area contributed by atoms with Crippen LogP contribution in [0.4, 0.5) is 0 Å². The summed E-state index contributed by atoms with van der Waals surface area (Å²) in [6, 6.07) is 60.4. The minimum Gasteiger partial charge on any atom is -0.472 e. The van der Waals surface area contributed by atoms with Crippen molar-refractivity contribution in [1.82, 2.24) is 0 Å². The Morgan fingerprint density at radius 1 is 0.358 bits per heavy atom. The van der Waals surface area contributed by atoms with Gasteiger partial charge in [-0.1, -0.05) is 158 Å². The monoisotopic (exact) mass is 692 g/mol. The summed E-state index contributed by atoms with van der Waals surface area (Å²) >= 11 is 1.91. The quantitative estimate of drug-likeness (QED) is 0.167. The molecule has 1 nitrogen and oxygen atoms in total. The highest BCUT2D eigenvalue weighted by Crippen LogP contribution is 2.49. The molecule has 0 unspecified atom stereocenters. The highest BCUT2D eigenvalue weighted by molar-refractivity contribution is 7.26. The lowest BCUT2D eigenvalue weighted by molar-refractivity contribution is 0.566. The van der Waals surface area contributed by atoms with Crippen molar-refractivity contribution in [3.05, 3.63) is 182 Å². The maximum Gasteiger partial charge on any atom is 0.0984 e. The zero-order valence-electron chi connectivity index (χ0n) is 29.1. The topological polar surface area (TPSA) is 13.1 Å². The second-order valence-corrected chi connectivity index (χ2v) is 15.1. The zero-order chi connectivity index (χ0) is 35.0. The Bertz CT molecular complexity index is 3120. The largest absolute Gasteiger partial charge is 0.472 e. The van der Waals surface area contributed by atoms with Crippen molar-refractivity contribution < 1.29 is 4.42 Å². The average molecular weight is 693 g/mol. The molecule has 2 heteroatoms. The van der Waals surface area contributed by atoms with E-state index in [1.807, 2.05) is 23.9 Å². The van der Waals surface area contributed by atoms with Gasteiger partial charge in [-0.3, -0.25) is 0 Å². The first-order valence-electron chi connectivity index (χ1n) is 18.2. The summed E-state index contributed by atoms with van der Waals surface area (Å²) in [4.78, 5) is 0. The standard InChI is InChI=1S/C51H32OS/c1-31-29-52-30-45(31)50-41-22-11-7-18-37(41)48(38-19-8-12-23-42(38)50)33-26-27-34-43-24-13-25-44(51(43)53-46(34)28-33)49-39-20-9-5-16-35(39)47(32-14-3-2-4-15-32)36-17-6-10-21-40(36)49/h2-30H,1H3. The number of hydrogen-bond acceptors (Lipinski definition) is 2. The van der Waals surface area contributed by atoms with Crippen molar-refractivity contribution in [2.24, 2.45) is 0 Å². The summed E-state index contributed by atoms with van der Waals surface area (Å²) in [7, 11) is 0. The molecule has 0 N–H and O–H groups in total. The van der Waals surface area contributed by atoms with Crippen molar-refractivity contribution in [2.75, 3.05) is 0 Å². The Kier molecular flexibility index (Phi) is 6.71. The Hall–Kier alpha value is -6.48. The molecule has 0 aliphatic carbocycles. The summed E-state index contributed by atoms with van der Waals surface area (Å²) in [5.74, 6) is 0. The van der Waals surface area contributed by atoms with Gasteiger partial charge in [-0.05, 0) is 89.5 Å². The van der Waals surface area contributed by atoms with Gasteiger partial charge in [0.15, 0.2) is 0 Å². The average Bonchev–Trinajstić information content (AvgIpc) is 3.81. The van der Waals surface area contributed by atoms with Crippen LogP contribution in [0.2, 0.25) is 0 Å². The van der Waals surface area contributed by atoms with Crippen LogP contribution in [-0.4, -0.2) is 0 Å². The van der Waals surface area contributed by atoms with Crippen molar-refractivity contribution in [3.63, 3.8) is 0 Å². The van der Waals surface area contributed by atoms with Crippen LogP contribution in [0.3, 0.4) is 0 Å². The normalized spacial score (nSPS) is 11.9. The highest BCUT2D eigenvalue weighted by atomic mass is 32.1. The van der Waals surface area contributed by atoms with Crippen molar-refractivity contribution in [3.8, 4) is 44.5 Å². The molecule has 0 radical (unpaired) electrons. The van der Waals surface area contributed by atoms with Gasteiger partial charge >= 0.3 is 0 Å². The van der Waals surface area contributed by atoms with E-state index in [4.69, 9.17) is 4.42 Å². The van der Waals surface area contributed by atoms with Gasteiger partial charge in [0, 0.05) is 36.9 Å². The van der Waals surface area contributed by atoms with E-state index in [0.717, 1.165) is 11.1 Å². The first kappa shape index (κ1) is 30.2. The predicted octanol–water partition coefficient (Wildman–Crippen LogP) is 15.2. The molecule has 0 aliphatic rings. The van der Waals surface area contributed by atoms with Gasteiger partial charge in [0.25, 0.3) is 0 Å². The molecular formula is C51H32OS. The third-order valence-electron chi connectivity index (χ3n) is 11.1. The van der Waals surface area contributed by atoms with Crippen LogP contribution < -0.4 is 0 Å². The maximum atomic E-state index is 5.71. The summed E-state index contributed by atoms with van der Waals surface area (Å²) in [5, 5.41) is 12.7. The number of hydrogen-bond donors (Lipinski definition) is 0. The second kappa shape index (κ2) is 11.8. The van der Waals surface area contributed by atoms with Crippen LogP contribution in [-0.2, 0) is 0 Å². The number of fused-ring (bicyclic) bond motifs is 7. The number of thiophene rings is 1. The Morgan fingerprint density at radius 3 is 1.36 bits per heavy atom. The number of aryl methyl sites for hydroxylation is 1. The highest BCUT2D eigenvalue weighted by Gasteiger charge is 2.21. The van der Waals surface area contributed by atoms with Gasteiger partial charge in [0.1, 0.15) is 0 Å². The third-order valence-corrected chi connectivity index (χ3v) is 12.3. The van der Waals surface area contributed by atoms with E-state index >= 15 is 0 Å². The van der Waals surface area contributed by atoms with Gasteiger partial charge in [0.05, 0.1) is 12.5 Å². The molecule has 0 atom stereocenters. The Morgan fingerprint density at radius 2 is 0.830 bits per heavy atom. The molecule has 11 rings (SSSR count). The molecule has 0 saturated carbocycles. The lowest BCUT2D eigenvalue weighted by Gasteiger charge is -2.18. The molecule has 0 spiro atoms. The van der Waals surface area contributed by atoms with Gasteiger partial charge in [-0.2, -0.15) is 0 Å². The molecule has 9 aromatic carbocycles. The fraction of sp³-hybridized carbons (Fsp3) is 0.0196. The second-order valence-electron chi connectivity index (χ2n) is 14.0. The minimum atomic E-state index is 1.14. The van der Waals surface area contributed by atoms with Gasteiger partial charge < -0.3 is 4.42 Å². The zero-order valence-corrected chi connectivity index (χ0v) is 29.9. The van der Waals surface area contributed by atoms with E-state index in [1.165, 1.54) is 102 Å². The van der Waals surface area contributed by atoms with E-state index in [9.17, 15) is 0 Å². The van der Waals surface area contributed by atoms with Crippen molar-refractivity contribution in [1.29, 1.82) is 0 Å². The fourth-order valence-corrected chi connectivity index (χ4v) is 10.1. The van der Waals surface area contributed by atoms with Crippen LogP contribution >= 0.6 is 11.3 Å². The first-order chi connectivity index (χ1) is 26.2. The number of furan rings is 1. The van der Waals surface area contributed by atoms with Crippen LogP contribution in [0.5, 0.6) is 0 Å². The Labute approximate surface area is 311 Å². The number of benzene rings is 9. The first-order valence-corrected chi connectivity index (χ1v) is 19.0. The van der Waals surface area contributed by atoms with Crippen molar-refractivity contribution >= 4 is 74.6 Å². The molecule has 0 saturated heterocycles. The molecule has 0 amide bonds. The SMILES string of the molecule is Cc1cocc1-c1c2ccccc2c(-c2ccc3c(c2)sc2c(-c4c5ccccc5c(-c5ccccc5)c5ccccc45)cccc23)c2ccccc12. The molecule has 0 bridgehead atoms. The van der Waals surface area contributed by atoms with E-state index in [2.05, 4.69) is 171 Å². The summed E-state index contributed by atoms with van der Waals surface area (Å²) in [5.41, 5.74) is 11.2. The number of rotatable bonds is 4. The van der Waals surface area contributed by atoms with E-state index < -0.39 is 0 Å². The fourth-order valence-electron chi connectivity index (χ4n) is 8.83. The summed E-state index contributed by atoms with van der Waals surface area (Å²) in [6.07, 6.45) is 3.74. The van der Waals surface area contributed by atoms with E-state index in [0.29, 0.717) is 0 Å². The van der Waals surface area contributed by atoms with Crippen LogP contribution in [0.25, 0.3) is 108 Å². The smallest absolute Gasteiger partial charge is 0.0984 e. The third kappa shape index (κ3) is 4.49. The molecule has 53 heavy (non-hydrogen) atoms. The van der Waals surface area contributed by atoms with Crippen LogP contribution in [0, 0.1) is 6.92 Å². The summed E-state index contributed by atoms with van der Waals surface area (Å²) < 4.78 is 8.32. The Balaban J connectivity index is 1.18. The molecule has 2 heterocycles. The van der Waals surface area contributed by atoms with Crippen LogP contribution in [0.15, 0.2) is 181 Å². The minimum absolute atomic E-state index is 1.14. The van der Waals surface area contributed by atoms with Gasteiger partial charge in [0.2, 0.25) is 0 Å². The molecular weight excluding hydrogens is 661 g/mol. The molecule has 0 fully saturated rings. The maximum absolute atomic E-state index is 5.71. The predicted molar refractivity (Wildman–Crippen MR) is 228 cm³/mol. The molecule has 11 aromatic rings. The summed E-state index contributed by atoms with van der Waals surface area (Å²) in [6.45, 7) is 2.13. The lowest BCUT2D eigenvalue weighted by Crippen LogP contribution is -1.90.